The summed E-state index contributed by atoms with van der Waals surface area (Å²) in [6, 6.07) is 14.5. The molecule has 1 aliphatic carbocycles. The van der Waals surface area contributed by atoms with Crippen LogP contribution in [0.1, 0.15) is 46.4 Å². The zero-order valence-corrected chi connectivity index (χ0v) is 22.6. The van der Waals surface area contributed by atoms with E-state index in [2.05, 4.69) is 23.3 Å². The van der Waals surface area contributed by atoms with Crippen LogP contribution in [-0.2, 0) is 5.54 Å². The molecule has 34 heavy (non-hydrogen) atoms. The number of likely N-dealkylation sites (N-methyl/N-ethyl adjacent to an activating group) is 1. The molecule has 0 spiro atoms. The number of ether oxygens (including phenoxy) is 2. The van der Waals surface area contributed by atoms with Crippen LogP contribution in [0.4, 0.5) is 0 Å². The molecule has 1 saturated carbocycles. The lowest BCUT2D eigenvalue weighted by Gasteiger charge is -2.41. The zero-order valence-electron chi connectivity index (χ0n) is 20.6. The fraction of sp³-hybridized carbons (Fsp3) is 0.407. The van der Waals surface area contributed by atoms with Gasteiger partial charge in [0.25, 0.3) is 5.91 Å². The van der Waals surface area contributed by atoms with Crippen LogP contribution in [0.2, 0.25) is 0 Å². The Balaban J connectivity index is 1.42. The summed E-state index contributed by atoms with van der Waals surface area (Å²) in [4.78, 5) is 20.6. The van der Waals surface area contributed by atoms with Crippen LogP contribution in [0.25, 0.3) is 10.9 Å². The molecular weight excluding hydrogens is 442 g/mol. The molecule has 2 fully saturated rings. The molecule has 0 radical (unpaired) electrons. The van der Waals surface area contributed by atoms with E-state index in [1.807, 2.05) is 50.2 Å². The number of hydrogen-bond acceptors (Lipinski definition) is 5. The molecule has 1 saturated heterocycles. The van der Waals surface area contributed by atoms with Crippen LogP contribution in [0.3, 0.4) is 0 Å². The van der Waals surface area contributed by atoms with Gasteiger partial charge in [0.1, 0.15) is 11.5 Å². The highest BCUT2D eigenvalue weighted by molar-refractivity contribution is 6.11. The van der Waals surface area contributed by atoms with Crippen LogP contribution >= 0.6 is 0 Å². The molecule has 6 nitrogen and oxygen atoms in total. The molecule has 1 amide bonds. The first-order valence-corrected chi connectivity index (χ1v) is 13.2. The van der Waals surface area contributed by atoms with E-state index >= 15 is 0 Å². The van der Waals surface area contributed by atoms with Crippen molar-refractivity contribution in [3.8, 4) is 11.5 Å². The average molecular weight is 476 g/mol. The Bertz CT molecular complexity index is 1260. The highest BCUT2D eigenvalue weighted by Crippen LogP contribution is 2.49. The minimum absolute atomic E-state index is 0.0675. The Hall–Kier alpha value is -2.90. The van der Waals surface area contributed by atoms with Gasteiger partial charge in [0.05, 0.1) is 34.1 Å². The molecule has 5 rings (SSSR count). The number of likely N-dealkylation sites (tertiary alicyclic amines) is 1. The average Bonchev–Trinajstić information content (AvgIpc) is 3.58. The minimum Gasteiger partial charge on any atom is -0.497 e. The number of nitrogens with one attached hydrogen (secondary N) is 1. The predicted molar refractivity (Wildman–Crippen MR) is 138 cm³/mol. The lowest BCUT2D eigenvalue weighted by molar-refractivity contribution is 0.0562. The topological polar surface area (TPSA) is 63.7 Å². The highest BCUT2D eigenvalue weighted by atomic mass is 28.1. The molecule has 0 bridgehead atoms. The van der Waals surface area contributed by atoms with E-state index in [1.54, 1.807) is 7.11 Å². The molecule has 2 heterocycles. The van der Waals surface area contributed by atoms with Crippen molar-refractivity contribution in [3.05, 3.63) is 64.8 Å². The van der Waals surface area contributed by atoms with Gasteiger partial charge in [-0.25, -0.2) is 0 Å². The van der Waals surface area contributed by atoms with E-state index < -0.39 is 5.54 Å². The number of methoxy groups -OCH3 is 1. The maximum Gasteiger partial charge on any atom is 0.252 e. The van der Waals surface area contributed by atoms with Crippen LogP contribution in [0.15, 0.2) is 42.5 Å². The fourth-order valence-corrected chi connectivity index (χ4v) is 6.15. The quantitative estimate of drug-likeness (QED) is 0.532. The van der Waals surface area contributed by atoms with Gasteiger partial charge < -0.3 is 19.7 Å². The summed E-state index contributed by atoms with van der Waals surface area (Å²) >= 11 is 0. The van der Waals surface area contributed by atoms with Gasteiger partial charge in [-0.05, 0) is 82.1 Å². The van der Waals surface area contributed by atoms with Crippen molar-refractivity contribution in [2.24, 2.45) is 0 Å². The van der Waals surface area contributed by atoms with Crippen LogP contribution in [0.5, 0.6) is 11.5 Å². The van der Waals surface area contributed by atoms with Crippen molar-refractivity contribution in [1.82, 2.24) is 15.2 Å². The van der Waals surface area contributed by atoms with Crippen molar-refractivity contribution < 1.29 is 14.3 Å². The standard InChI is InChI=1S/C27H33N3O3Si/c1-16-5-7-18(33-26(34)24-9-12-30(24)3)13-21(16)25(31)29-27(10-11-27)22-14-19(32-4)15-23-20(22)8-6-17(2)28-23/h5-8,13-15,24,26H,9-12H2,1-4,34H3,(H,29,31)/t24-,26-/m0/s1. The summed E-state index contributed by atoms with van der Waals surface area (Å²) in [7, 11) is 4.75. The summed E-state index contributed by atoms with van der Waals surface area (Å²) in [5.74, 6) is 1.46. The number of rotatable bonds is 7. The maximum absolute atomic E-state index is 13.5. The first-order valence-electron chi connectivity index (χ1n) is 12.1. The van der Waals surface area contributed by atoms with Gasteiger partial charge in [-0.2, -0.15) is 0 Å². The van der Waals surface area contributed by atoms with E-state index in [4.69, 9.17) is 14.5 Å². The number of pyridine rings is 1. The van der Waals surface area contributed by atoms with E-state index in [-0.39, 0.29) is 11.6 Å². The lowest BCUT2D eigenvalue weighted by Crippen LogP contribution is -2.53. The second-order valence-corrected chi connectivity index (χ2v) is 11.0. The number of fused-ring (bicyclic) bond motifs is 1. The summed E-state index contributed by atoms with van der Waals surface area (Å²) in [5, 5.41) is 4.41. The Morgan fingerprint density at radius 3 is 2.62 bits per heavy atom. The molecule has 0 unspecified atom stereocenters. The Kier molecular flexibility index (Phi) is 5.86. The minimum atomic E-state index is -0.404. The Morgan fingerprint density at radius 1 is 1.18 bits per heavy atom. The zero-order chi connectivity index (χ0) is 24.0. The highest BCUT2D eigenvalue weighted by Gasteiger charge is 2.47. The monoisotopic (exact) mass is 475 g/mol. The first kappa shape index (κ1) is 22.9. The normalized spacial score (nSPS) is 19.9. The molecule has 3 aromatic rings. The molecule has 2 aliphatic rings. The SMILES string of the molecule is COc1cc(C2(NC(=O)c3cc(O[C@@H]([SiH3])[C@@H]4CCN4C)ccc3C)CC2)c2ccc(C)nc2c1. The van der Waals surface area contributed by atoms with Crippen LogP contribution in [-0.4, -0.2) is 58.5 Å². The molecule has 7 heteroatoms. The number of carbonyl (C=O) groups is 1. The number of aryl methyl sites for hydroxylation is 2. The van der Waals surface area contributed by atoms with Gasteiger partial charge in [0.2, 0.25) is 0 Å². The van der Waals surface area contributed by atoms with E-state index in [0.29, 0.717) is 11.6 Å². The van der Waals surface area contributed by atoms with Crippen molar-refractivity contribution >= 4 is 27.1 Å². The van der Waals surface area contributed by atoms with E-state index in [9.17, 15) is 4.79 Å². The summed E-state index contributed by atoms with van der Waals surface area (Å²) in [6.45, 7) is 5.09. The third kappa shape index (κ3) is 4.18. The number of amides is 1. The second kappa shape index (κ2) is 8.71. The third-order valence-electron chi connectivity index (χ3n) is 7.44. The van der Waals surface area contributed by atoms with Crippen molar-refractivity contribution in [2.45, 2.75) is 50.4 Å². The van der Waals surface area contributed by atoms with E-state index in [1.165, 1.54) is 6.42 Å². The smallest absolute Gasteiger partial charge is 0.252 e. The number of nitrogens with zero attached hydrogens (tertiary/aromatic N) is 2. The summed E-state index contributed by atoms with van der Waals surface area (Å²) in [5.41, 5.74) is 4.34. The van der Waals surface area contributed by atoms with Gasteiger partial charge in [0, 0.05) is 28.8 Å². The molecule has 1 N–H and O–H groups in total. The van der Waals surface area contributed by atoms with Gasteiger partial charge in [0.15, 0.2) is 0 Å². The molecular formula is C27H33N3O3Si. The van der Waals surface area contributed by atoms with Crippen molar-refractivity contribution in [3.63, 3.8) is 0 Å². The molecule has 2 atom stereocenters. The summed E-state index contributed by atoms with van der Waals surface area (Å²) in [6.07, 6.45) is 2.96. The lowest BCUT2D eigenvalue weighted by atomic mass is 9.97. The molecule has 1 aliphatic heterocycles. The Morgan fingerprint density at radius 2 is 1.97 bits per heavy atom. The Labute approximate surface area is 204 Å². The van der Waals surface area contributed by atoms with Gasteiger partial charge in [-0.1, -0.05) is 12.1 Å². The fourth-order valence-electron chi connectivity index (χ4n) is 5.04. The number of hydrogen-bond donors (Lipinski definition) is 1. The third-order valence-corrected chi connectivity index (χ3v) is 8.44. The van der Waals surface area contributed by atoms with Gasteiger partial charge in [-0.3, -0.25) is 9.78 Å². The van der Waals surface area contributed by atoms with Crippen molar-refractivity contribution in [1.29, 1.82) is 0 Å². The van der Waals surface area contributed by atoms with Gasteiger partial charge in [-0.15, -0.1) is 0 Å². The van der Waals surface area contributed by atoms with Crippen LogP contribution in [0, 0.1) is 13.8 Å². The van der Waals surface area contributed by atoms with Crippen LogP contribution < -0.4 is 14.8 Å². The molecule has 2 aromatic carbocycles. The van der Waals surface area contributed by atoms with E-state index in [0.717, 1.165) is 68.9 Å². The number of carbonyl (C=O) groups excluding carboxylic acids is 1. The maximum atomic E-state index is 13.5. The second-order valence-electron chi connectivity index (χ2n) is 9.87. The number of benzene rings is 2. The molecule has 1 aromatic heterocycles. The van der Waals surface area contributed by atoms with Gasteiger partial charge >= 0.3 is 0 Å². The first-order chi connectivity index (χ1) is 16.3. The number of aromatic nitrogens is 1. The summed E-state index contributed by atoms with van der Waals surface area (Å²) < 4.78 is 11.8. The van der Waals surface area contributed by atoms with Crippen molar-refractivity contribution in [2.75, 3.05) is 20.7 Å². The predicted octanol–water partition coefficient (Wildman–Crippen LogP) is 3.05. The largest absolute Gasteiger partial charge is 0.497 e. The molecule has 178 valence electrons.